The zero-order valence-electron chi connectivity index (χ0n) is 12.8. The molecule has 0 amide bonds. The zero-order valence-corrected chi connectivity index (χ0v) is 13.7. The van der Waals surface area contributed by atoms with E-state index in [9.17, 15) is 10.2 Å². The Kier molecular flexibility index (Phi) is 5.55. The van der Waals surface area contributed by atoms with Crippen LogP contribution >= 0.6 is 8.38 Å². The van der Waals surface area contributed by atoms with E-state index in [0.717, 1.165) is 0 Å². The average molecular weight is 354 g/mol. The second-order valence-electron chi connectivity index (χ2n) is 5.62. The molecule has 4 unspecified atom stereocenters. The highest BCUT2D eigenvalue weighted by Crippen LogP contribution is 2.31. The Balaban J connectivity index is 1.76. The van der Waals surface area contributed by atoms with Gasteiger partial charge in [-0.25, -0.2) is 9.97 Å². The summed E-state index contributed by atoms with van der Waals surface area (Å²) in [5.74, 6) is 0.254. The summed E-state index contributed by atoms with van der Waals surface area (Å²) in [6, 6.07) is 7.26. The van der Waals surface area contributed by atoms with Crippen LogP contribution < -0.4 is 4.74 Å². The molecule has 130 valence electrons. The third-order valence-electron chi connectivity index (χ3n) is 3.89. The summed E-state index contributed by atoms with van der Waals surface area (Å²) < 4.78 is 11.4. The Morgan fingerprint density at radius 3 is 2.79 bits per heavy atom. The van der Waals surface area contributed by atoms with Gasteiger partial charge in [0.1, 0.15) is 12.4 Å². The average Bonchev–Trinajstić information content (AvgIpc) is 2.57. The smallest absolute Gasteiger partial charge is 0.230 e. The van der Waals surface area contributed by atoms with Gasteiger partial charge in [-0.3, -0.25) is 0 Å². The van der Waals surface area contributed by atoms with E-state index < -0.39 is 33.0 Å². The van der Waals surface area contributed by atoms with Gasteiger partial charge in [0.25, 0.3) is 0 Å². The van der Waals surface area contributed by atoms with Crippen molar-refractivity contribution in [2.45, 2.75) is 37.4 Å². The van der Waals surface area contributed by atoms with Crippen LogP contribution in [0.25, 0.3) is 10.9 Å². The van der Waals surface area contributed by atoms with Crippen molar-refractivity contribution in [1.29, 1.82) is 0 Å². The molecule has 3 rings (SSSR count). The standard InChI is InChI=1S/C15H19N2O6P/c18-12-7-9(5-6-24(20)21)22-15(13(12)19)23-14-10-3-1-2-4-11(10)16-8-17-14/h1-4,8-9,12-13,15,18-21H,5-7H2. The first-order chi connectivity index (χ1) is 11.5. The van der Waals surface area contributed by atoms with Gasteiger partial charge >= 0.3 is 0 Å². The molecule has 8 nitrogen and oxygen atoms in total. The van der Waals surface area contributed by atoms with Crippen molar-refractivity contribution in [3.8, 4) is 5.88 Å². The Hall–Kier alpha value is -1.41. The molecule has 2 heterocycles. The van der Waals surface area contributed by atoms with Gasteiger partial charge in [-0.2, -0.15) is 0 Å². The molecule has 0 aliphatic carbocycles. The van der Waals surface area contributed by atoms with Crippen LogP contribution in [0.3, 0.4) is 0 Å². The van der Waals surface area contributed by atoms with Crippen LogP contribution in [-0.2, 0) is 4.74 Å². The molecule has 1 aliphatic heterocycles. The van der Waals surface area contributed by atoms with E-state index in [2.05, 4.69) is 9.97 Å². The maximum atomic E-state index is 10.1. The van der Waals surface area contributed by atoms with Crippen LogP contribution in [0.1, 0.15) is 12.8 Å². The third kappa shape index (κ3) is 3.97. The van der Waals surface area contributed by atoms with Crippen LogP contribution in [0.2, 0.25) is 0 Å². The highest BCUT2D eigenvalue weighted by Gasteiger charge is 2.38. The van der Waals surface area contributed by atoms with E-state index in [0.29, 0.717) is 17.3 Å². The van der Waals surface area contributed by atoms with Crippen molar-refractivity contribution in [3.05, 3.63) is 30.6 Å². The summed E-state index contributed by atoms with van der Waals surface area (Å²) in [6.45, 7) is 0. The molecule has 0 spiro atoms. The van der Waals surface area contributed by atoms with Crippen molar-refractivity contribution < 1.29 is 29.5 Å². The van der Waals surface area contributed by atoms with Gasteiger partial charge in [0.05, 0.1) is 23.1 Å². The molecular weight excluding hydrogens is 335 g/mol. The molecule has 1 fully saturated rings. The molecule has 24 heavy (non-hydrogen) atoms. The molecule has 4 N–H and O–H groups in total. The van der Waals surface area contributed by atoms with Crippen molar-refractivity contribution >= 4 is 19.3 Å². The Labute approximate surface area is 139 Å². The molecule has 0 saturated carbocycles. The van der Waals surface area contributed by atoms with E-state index >= 15 is 0 Å². The summed E-state index contributed by atoms with van der Waals surface area (Å²) in [5.41, 5.74) is 0.691. The zero-order chi connectivity index (χ0) is 17.1. The molecule has 0 bridgehead atoms. The second kappa shape index (κ2) is 7.65. The normalized spacial score (nSPS) is 27.5. The summed E-state index contributed by atoms with van der Waals surface area (Å²) in [7, 11) is -2.02. The van der Waals surface area contributed by atoms with Crippen LogP contribution in [0.15, 0.2) is 30.6 Å². The summed E-state index contributed by atoms with van der Waals surface area (Å²) in [5, 5.41) is 20.8. The van der Waals surface area contributed by atoms with Gasteiger partial charge in [0.2, 0.25) is 12.2 Å². The fourth-order valence-corrected chi connectivity index (χ4v) is 3.16. The summed E-state index contributed by atoms with van der Waals surface area (Å²) >= 11 is 0. The number of aliphatic hydroxyl groups is 2. The largest absolute Gasteiger partial charge is 0.444 e. The maximum Gasteiger partial charge on any atom is 0.230 e. The van der Waals surface area contributed by atoms with Gasteiger partial charge < -0.3 is 29.5 Å². The quantitative estimate of drug-likeness (QED) is 0.573. The highest BCUT2D eigenvalue weighted by molar-refractivity contribution is 7.45. The predicted octanol–water partition coefficient (Wildman–Crippen LogP) is 0.532. The van der Waals surface area contributed by atoms with Crippen LogP contribution in [-0.4, -0.2) is 60.7 Å². The van der Waals surface area contributed by atoms with E-state index in [1.165, 1.54) is 6.33 Å². The van der Waals surface area contributed by atoms with Gasteiger partial charge in [-0.1, -0.05) is 12.1 Å². The molecule has 0 radical (unpaired) electrons. The molecule has 9 heteroatoms. The Bertz CT molecular complexity index is 683. The molecule has 1 saturated heterocycles. The minimum atomic E-state index is -2.02. The lowest BCUT2D eigenvalue weighted by atomic mass is 10.0. The number of benzene rings is 1. The topological polar surface area (TPSA) is 125 Å². The number of hydrogen-bond donors (Lipinski definition) is 4. The van der Waals surface area contributed by atoms with Gasteiger partial charge in [-0.05, 0) is 18.6 Å². The van der Waals surface area contributed by atoms with Gasteiger partial charge in [-0.15, -0.1) is 0 Å². The lowest BCUT2D eigenvalue weighted by molar-refractivity contribution is -0.235. The molecule has 1 aliphatic rings. The Morgan fingerprint density at radius 1 is 1.21 bits per heavy atom. The Morgan fingerprint density at radius 2 is 2.00 bits per heavy atom. The molecule has 2 aromatic rings. The van der Waals surface area contributed by atoms with Crippen molar-refractivity contribution in [2.24, 2.45) is 0 Å². The first-order valence-electron chi connectivity index (χ1n) is 7.58. The highest BCUT2D eigenvalue weighted by atomic mass is 31.2. The fourth-order valence-electron chi connectivity index (χ4n) is 2.64. The van der Waals surface area contributed by atoms with Crippen molar-refractivity contribution in [3.63, 3.8) is 0 Å². The van der Waals surface area contributed by atoms with E-state index in [1.54, 1.807) is 6.07 Å². The minimum Gasteiger partial charge on any atom is -0.444 e. The number of fused-ring (bicyclic) bond motifs is 1. The maximum absolute atomic E-state index is 10.1. The van der Waals surface area contributed by atoms with E-state index in [1.807, 2.05) is 18.2 Å². The first-order valence-corrected chi connectivity index (χ1v) is 9.01. The van der Waals surface area contributed by atoms with Crippen LogP contribution in [0, 0.1) is 0 Å². The third-order valence-corrected chi connectivity index (χ3v) is 4.55. The van der Waals surface area contributed by atoms with E-state index in [-0.39, 0.29) is 18.5 Å². The fraction of sp³-hybridized carbons (Fsp3) is 0.467. The number of ether oxygens (including phenoxy) is 2. The first kappa shape index (κ1) is 17.4. The molecule has 1 aromatic carbocycles. The summed E-state index contributed by atoms with van der Waals surface area (Å²) in [4.78, 5) is 26.3. The monoisotopic (exact) mass is 354 g/mol. The molecular formula is C15H19N2O6P. The second-order valence-corrected chi connectivity index (χ2v) is 6.81. The lowest BCUT2D eigenvalue weighted by Crippen LogP contribution is -2.51. The minimum absolute atomic E-state index is 0.173. The molecule has 4 atom stereocenters. The number of nitrogens with zero attached hydrogens (tertiary/aromatic N) is 2. The molecule has 1 aromatic heterocycles. The number of aliphatic hydroxyl groups excluding tert-OH is 2. The van der Waals surface area contributed by atoms with Gasteiger partial charge in [0.15, 0.2) is 8.38 Å². The van der Waals surface area contributed by atoms with Crippen LogP contribution in [0.4, 0.5) is 0 Å². The number of hydrogen-bond acceptors (Lipinski definition) is 8. The predicted molar refractivity (Wildman–Crippen MR) is 86.3 cm³/mol. The van der Waals surface area contributed by atoms with Crippen LogP contribution in [0.5, 0.6) is 5.88 Å². The summed E-state index contributed by atoms with van der Waals surface area (Å²) in [6.07, 6.45) is -1.70. The van der Waals surface area contributed by atoms with Crippen molar-refractivity contribution in [1.82, 2.24) is 9.97 Å². The number of aromatic nitrogens is 2. The van der Waals surface area contributed by atoms with E-state index in [4.69, 9.17) is 19.3 Å². The van der Waals surface area contributed by atoms with Gasteiger partial charge in [0, 0.05) is 12.6 Å². The SMILES string of the molecule is OC1CC(CCP(O)O)OC(Oc2ncnc3ccccc23)C1O. The lowest BCUT2D eigenvalue weighted by Gasteiger charge is -2.36. The number of rotatable bonds is 5. The van der Waals surface area contributed by atoms with Crippen molar-refractivity contribution in [2.75, 3.05) is 6.16 Å². The number of para-hydroxylation sites is 1.